The summed E-state index contributed by atoms with van der Waals surface area (Å²) in [5, 5.41) is 3.05. The predicted octanol–water partition coefficient (Wildman–Crippen LogP) is 4.14. The molecule has 0 aromatic heterocycles. The van der Waals surface area contributed by atoms with E-state index in [1.807, 2.05) is 42.2 Å². The van der Waals surface area contributed by atoms with Crippen molar-refractivity contribution < 1.29 is 14.3 Å². The van der Waals surface area contributed by atoms with E-state index in [9.17, 15) is 4.79 Å². The van der Waals surface area contributed by atoms with Crippen molar-refractivity contribution in [2.75, 3.05) is 44.6 Å². The molecule has 1 N–H and O–H groups in total. The fraction of sp³-hybridized carbons (Fsp3) is 0.409. The van der Waals surface area contributed by atoms with Crippen LogP contribution in [0.4, 0.5) is 16.2 Å². The number of benzene rings is 2. The van der Waals surface area contributed by atoms with Gasteiger partial charge >= 0.3 is 6.03 Å². The van der Waals surface area contributed by atoms with Gasteiger partial charge in [0.15, 0.2) is 11.5 Å². The summed E-state index contributed by atoms with van der Waals surface area (Å²) in [4.78, 5) is 17.1. The van der Waals surface area contributed by atoms with Gasteiger partial charge in [0, 0.05) is 37.6 Å². The van der Waals surface area contributed by atoms with E-state index in [1.165, 1.54) is 0 Å². The van der Waals surface area contributed by atoms with Crippen LogP contribution < -0.4 is 19.7 Å². The highest BCUT2D eigenvalue weighted by Gasteiger charge is 2.30. The van der Waals surface area contributed by atoms with Gasteiger partial charge in [-0.25, -0.2) is 4.79 Å². The number of para-hydroxylation sites is 1. The maximum atomic E-state index is 13.0. The highest BCUT2D eigenvalue weighted by molar-refractivity contribution is 5.91. The molecular weight excluding hydrogens is 354 g/mol. The summed E-state index contributed by atoms with van der Waals surface area (Å²) in [7, 11) is 5.27. The van der Waals surface area contributed by atoms with E-state index in [2.05, 4.69) is 29.4 Å². The molecule has 1 aliphatic heterocycles. The third-order valence-electron chi connectivity index (χ3n) is 5.29. The number of urea groups is 1. The zero-order valence-corrected chi connectivity index (χ0v) is 17.1. The average Bonchev–Trinajstić information content (AvgIpc) is 3.18. The van der Waals surface area contributed by atoms with Gasteiger partial charge in [0.05, 0.1) is 20.3 Å². The van der Waals surface area contributed by atoms with Crippen LogP contribution in [0, 0.1) is 6.92 Å². The molecule has 0 saturated carbocycles. The third kappa shape index (κ3) is 4.32. The first kappa shape index (κ1) is 19.9. The van der Waals surface area contributed by atoms with E-state index in [-0.39, 0.29) is 12.1 Å². The Kier molecular flexibility index (Phi) is 6.29. The van der Waals surface area contributed by atoms with Crippen molar-refractivity contribution in [2.24, 2.45) is 0 Å². The second-order valence-electron chi connectivity index (χ2n) is 7.16. The summed E-state index contributed by atoms with van der Waals surface area (Å²) < 4.78 is 10.7. The van der Waals surface area contributed by atoms with Gasteiger partial charge in [-0.2, -0.15) is 0 Å². The second-order valence-corrected chi connectivity index (χ2v) is 7.16. The zero-order valence-electron chi connectivity index (χ0n) is 17.1. The molecule has 2 amide bonds. The Balaban J connectivity index is 1.70. The van der Waals surface area contributed by atoms with Crippen LogP contribution in [0.1, 0.15) is 18.4 Å². The molecule has 2 aromatic rings. The topological polar surface area (TPSA) is 54.0 Å². The molecule has 1 saturated heterocycles. The van der Waals surface area contributed by atoms with Crippen LogP contribution in [0.25, 0.3) is 0 Å². The van der Waals surface area contributed by atoms with Crippen molar-refractivity contribution in [3.8, 4) is 11.5 Å². The molecule has 0 spiro atoms. The number of hydrogen-bond donors (Lipinski definition) is 1. The molecule has 28 heavy (non-hydrogen) atoms. The summed E-state index contributed by atoms with van der Waals surface area (Å²) in [6.45, 7) is 3.52. The Morgan fingerprint density at radius 3 is 2.54 bits per heavy atom. The molecule has 3 rings (SSSR count). The number of ether oxygens (including phenoxy) is 2. The molecule has 6 heteroatoms. The van der Waals surface area contributed by atoms with E-state index in [0.717, 1.165) is 42.9 Å². The smallest absolute Gasteiger partial charge is 0.322 e. The molecule has 1 heterocycles. The first-order valence-electron chi connectivity index (χ1n) is 9.60. The SMILES string of the molecule is COc1cc(C)c(NC(=O)N2CCCC2CN(C)c2ccccc2)cc1OC. The quantitative estimate of drug-likeness (QED) is 0.814. The van der Waals surface area contributed by atoms with Crippen LogP contribution in [0.3, 0.4) is 0 Å². The summed E-state index contributed by atoms with van der Waals surface area (Å²) >= 11 is 0. The number of methoxy groups -OCH3 is 2. The van der Waals surface area contributed by atoms with Crippen LogP contribution in [0.2, 0.25) is 0 Å². The molecule has 1 aliphatic rings. The van der Waals surface area contributed by atoms with E-state index < -0.39 is 0 Å². The first-order chi connectivity index (χ1) is 13.5. The van der Waals surface area contributed by atoms with Crippen molar-refractivity contribution >= 4 is 17.4 Å². The summed E-state index contributed by atoms with van der Waals surface area (Å²) in [6.07, 6.45) is 2.03. The highest BCUT2D eigenvalue weighted by Crippen LogP contribution is 2.33. The summed E-state index contributed by atoms with van der Waals surface area (Å²) in [5.41, 5.74) is 2.83. The number of nitrogens with one attached hydrogen (secondary N) is 1. The normalized spacial score (nSPS) is 16.0. The van der Waals surface area contributed by atoms with Gasteiger partial charge in [-0.3, -0.25) is 0 Å². The Morgan fingerprint density at radius 2 is 1.86 bits per heavy atom. The van der Waals surface area contributed by atoms with Gasteiger partial charge in [0.1, 0.15) is 0 Å². The maximum Gasteiger partial charge on any atom is 0.322 e. The number of nitrogens with zero attached hydrogens (tertiary/aromatic N) is 2. The number of rotatable bonds is 6. The zero-order chi connectivity index (χ0) is 20.1. The van der Waals surface area contributed by atoms with Crippen molar-refractivity contribution in [3.63, 3.8) is 0 Å². The third-order valence-corrected chi connectivity index (χ3v) is 5.29. The number of anilines is 2. The van der Waals surface area contributed by atoms with Gasteiger partial charge in [0.2, 0.25) is 0 Å². The van der Waals surface area contributed by atoms with Crippen LogP contribution in [-0.4, -0.2) is 51.3 Å². The fourth-order valence-electron chi connectivity index (χ4n) is 3.70. The van der Waals surface area contributed by atoms with Gasteiger partial charge in [-0.1, -0.05) is 18.2 Å². The van der Waals surface area contributed by atoms with Crippen LogP contribution in [0.5, 0.6) is 11.5 Å². The van der Waals surface area contributed by atoms with Crippen LogP contribution >= 0.6 is 0 Å². The maximum absolute atomic E-state index is 13.0. The monoisotopic (exact) mass is 383 g/mol. The van der Waals surface area contributed by atoms with Gasteiger partial charge in [-0.15, -0.1) is 0 Å². The lowest BCUT2D eigenvalue weighted by Crippen LogP contribution is -2.44. The number of likely N-dealkylation sites (N-methyl/N-ethyl adjacent to an activating group) is 1. The fourth-order valence-corrected chi connectivity index (χ4v) is 3.70. The largest absolute Gasteiger partial charge is 0.493 e. The molecule has 1 fully saturated rings. The van der Waals surface area contributed by atoms with Gasteiger partial charge in [-0.05, 0) is 43.5 Å². The minimum atomic E-state index is -0.0701. The van der Waals surface area contributed by atoms with Crippen molar-refractivity contribution in [1.82, 2.24) is 4.90 Å². The van der Waals surface area contributed by atoms with Gasteiger partial charge < -0.3 is 24.6 Å². The summed E-state index contributed by atoms with van der Waals surface area (Å²) in [5.74, 6) is 1.26. The number of likely N-dealkylation sites (tertiary alicyclic amines) is 1. The van der Waals surface area contributed by atoms with Crippen LogP contribution in [0.15, 0.2) is 42.5 Å². The Labute approximate surface area is 167 Å². The van der Waals surface area contributed by atoms with Crippen molar-refractivity contribution in [2.45, 2.75) is 25.8 Å². The highest BCUT2D eigenvalue weighted by atomic mass is 16.5. The average molecular weight is 383 g/mol. The molecule has 1 unspecified atom stereocenters. The first-order valence-corrected chi connectivity index (χ1v) is 9.60. The van der Waals surface area contributed by atoms with E-state index in [1.54, 1.807) is 14.2 Å². The summed E-state index contributed by atoms with van der Waals surface area (Å²) in [6, 6.07) is 14.1. The van der Waals surface area contributed by atoms with Gasteiger partial charge in [0.25, 0.3) is 0 Å². The molecule has 0 bridgehead atoms. The Bertz CT molecular complexity index is 810. The number of carbonyl (C=O) groups is 1. The van der Waals surface area contributed by atoms with Crippen molar-refractivity contribution in [1.29, 1.82) is 0 Å². The number of carbonyl (C=O) groups excluding carboxylic acids is 1. The molecule has 150 valence electrons. The Hall–Kier alpha value is -2.89. The van der Waals surface area contributed by atoms with Crippen LogP contribution in [-0.2, 0) is 0 Å². The second kappa shape index (κ2) is 8.87. The van der Waals surface area contributed by atoms with E-state index in [4.69, 9.17) is 9.47 Å². The molecule has 2 aromatic carbocycles. The number of aryl methyl sites for hydroxylation is 1. The molecule has 0 radical (unpaired) electrons. The van der Waals surface area contributed by atoms with Crippen molar-refractivity contribution in [3.05, 3.63) is 48.0 Å². The standard InChI is InChI=1S/C22H29N3O3/c1-16-13-20(27-3)21(28-4)14-19(16)23-22(26)25-12-8-11-18(25)15-24(2)17-9-6-5-7-10-17/h5-7,9-10,13-14,18H,8,11-12,15H2,1-4H3,(H,23,26). The minimum absolute atomic E-state index is 0.0701. The lowest BCUT2D eigenvalue weighted by atomic mass is 10.1. The Morgan fingerprint density at radius 1 is 1.18 bits per heavy atom. The van der Waals surface area contributed by atoms with E-state index in [0.29, 0.717) is 11.5 Å². The lowest BCUT2D eigenvalue weighted by Gasteiger charge is -2.30. The molecule has 1 atom stereocenters. The lowest BCUT2D eigenvalue weighted by molar-refractivity contribution is 0.207. The predicted molar refractivity (Wildman–Crippen MR) is 113 cm³/mol. The minimum Gasteiger partial charge on any atom is -0.493 e. The molecule has 0 aliphatic carbocycles. The van der Waals surface area contributed by atoms with E-state index >= 15 is 0 Å². The number of amides is 2. The number of hydrogen-bond acceptors (Lipinski definition) is 4. The molecular formula is C22H29N3O3. The molecule has 6 nitrogen and oxygen atoms in total.